The van der Waals surface area contributed by atoms with Crippen LogP contribution in [-0.2, 0) is 4.79 Å². The average Bonchev–Trinajstić information content (AvgIpc) is 2.74. The molecular formula is C13H15BrN2O3. The Kier molecular flexibility index (Phi) is 4.09. The number of rotatable bonds is 3. The lowest BCUT2D eigenvalue weighted by atomic mass is 10.1. The van der Waals surface area contributed by atoms with Crippen LogP contribution in [0.4, 0.5) is 5.69 Å². The maximum absolute atomic E-state index is 12.3. The molecule has 102 valence electrons. The predicted molar refractivity (Wildman–Crippen MR) is 74.8 cm³/mol. The number of nitrogens with zero attached hydrogens (tertiary/aromatic N) is 1. The molecule has 1 heterocycles. The molecule has 1 saturated heterocycles. The summed E-state index contributed by atoms with van der Waals surface area (Å²) in [7, 11) is 0. The number of carboxylic acid groups (broad SMARTS) is 1. The van der Waals surface area contributed by atoms with Crippen LogP contribution in [0, 0.1) is 5.92 Å². The van der Waals surface area contributed by atoms with E-state index in [0.717, 1.165) is 10.9 Å². The van der Waals surface area contributed by atoms with Gasteiger partial charge in [0.25, 0.3) is 5.91 Å². The number of carbonyl (C=O) groups is 2. The Morgan fingerprint density at radius 1 is 1.42 bits per heavy atom. The van der Waals surface area contributed by atoms with Crippen LogP contribution in [0.25, 0.3) is 0 Å². The molecule has 1 amide bonds. The molecule has 2 rings (SSSR count). The maximum atomic E-state index is 12.3. The first-order valence-corrected chi connectivity index (χ1v) is 6.82. The van der Waals surface area contributed by atoms with Crippen molar-refractivity contribution in [1.29, 1.82) is 0 Å². The van der Waals surface area contributed by atoms with Crippen molar-refractivity contribution in [3.05, 3.63) is 28.2 Å². The Labute approximate surface area is 119 Å². The van der Waals surface area contributed by atoms with Gasteiger partial charge in [0.05, 0.1) is 0 Å². The lowest BCUT2D eigenvalue weighted by molar-refractivity contribution is -0.138. The van der Waals surface area contributed by atoms with Gasteiger partial charge in [0.2, 0.25) is 0 Å². The van der Waals surface area contributed by atoms with Crippen LogP contribution >= 0.6 is 15.9 Å². The highest BCUT2D eigenvalue weighted by atomic mass is 79.9. The van der Waals surface area contributed by atoms with E-state index in [4.69, 9.17) is 10.8 Å². The molecule has 5 nitrogen and oxygen atoms in total. The van der Waals surface area contributed by atoms with Crippen LogP contribution in [0.2, 0.25) is 0 Å². The van der Waals surface area contributed by atoms with Crippen molar-refractivity contribution in [2.24, 2.45) is 5.92 Å². The van der Waals surface area contributed by atoms with E-state index in [0.29, 0.717) is 24.3 Å². The highest BCUT2D eigenvalue weighted by Gasteiger charge is 2.28. The molecule has 0 bridgehead atoms. The third-order valence-electron chi connectivity index (χ3n) is 3.20. The molecule has 0 saturated carbocycles. The molecule has 6 heteroatoms. The standard InChI is InChI=1S/C13H15BrN2O3/c14-10-4-9(5-11(15)6-10)13(19)16-2-1-8(7-16)3-12(17)18/h4-6,8H,1-3,7,15H2,(H,17,18). The molecule has 0 radical (unpaired) electrons. The highest BCUT2D eigenvalue weighted by molar-refractivity contribution is 9.10. The van der Waals surface area contributed by atoms with E-state index in [-0.39, 0.29) is 18.2 Å². The van der Waals surface area contributed by atoms with E-state index in [2.05, 4.69) is 15.9 Å². The van der Waals surface area contributed by atoms with Crippen molar-refractivity contribution in [3.63, 3.8) is 0 Å². The third kappa shape index (κ3) is 3.47. The SMILES string of the molecule is Nc1cc(Br)cc(C(=O)N2CCC(CC(=O)O)C2)c1. The second-order valence-corrected chi connectivity index (χ2v) is 5.69. The fraction of sp³-hybridized carbons (Fsp3) is 0.385. The smallest absolute Gasteiger partial charge is 0.303 e. The monoisotopic (exact) mass is 326 g/mol. The summed E-state index contributed by atoms with van der Waals surface area (Å²) in [5, 5.41) is 8.76. The first-order chi connectivity index (χ1) is 8.95. The molecule has 1 aliphatic rings. The van der Waals surface area contributed by atoms with Gasteiger partial charge in [0.1, 0.15) is 0 Å². The average molecular weight is 327 g/mol. The molecule has 19 heavy (non-hydrogen) atoms. The molecular weight excluding hydrogens is 312 g/mol. The van der Waals surface area contributed by atoms with E-state index >= 15 is 0 Å². The van der Waals surface area contributed by atoms with E-state index < -0.39 is 5.97 Å². The Morgan fingerprint density at radius 2 is 2.16 bits per heavy atom. The topological polar surface area (TPSA) is 83.6 Å². The van der Waals surface area contributed by atoms with Crippen molar-refractivity contribution in [2.75, 3.05) is 18.8 Å². The summed E-state index contributed by atoms with van der Waals surface area (Å²) in [4.78, 5) is 24.6. The van der Waals surface area contributed by atoms with Gasteiger partial charge in [-0.2, -0.15) is 0 Å². The second-order valence-electron chi connectivity index (χ2n) is 4.78. The van der Waals surface area contributed by atoms with Gasteiger partial charge >= 0.3 is 5.97 Å². The summed E-state index contributed by atoms with van der Waals surface area (Å²) in [5.41, 5.74) is 6.77. The van der Waals surface area contributed by atoms with Gasteiger partial charge in [-0.1, -0.05) is 15.9 Å². The molecule has 3 N–H and O–H groups in total. The van der Waals surface area contributed by atoms with Gasteiger partial charge < -0.3 is 15.7 Å². The molecule has 1 atom stereocenters. The van der Waals surface area contributed by atoms with E-state index in [9.17, 15) is 9.59 Å². The summed E-state index contributed by atoms with van der Waals surface area (Å²) >= 11 is 3.31. The summed E-state index contributed by atoms with van der Waals surface area (Å²) in [6.45, 7) is 1.10. The molecule has 0 spiro atoms. The number of nitrogen functional groups attached to an aromatic ring is 1. The molecule has 1 unspecified atom stereocenters. The number of hydrogen-bond donors (Lipinski definition) is 2. The minimum absolute atomic E-state index is 0.0472. The number of aliphatic carboxylic acids is 1. The van der Waals surface area contributed by atoms with Gasteiger partial charge in [-0.15, -0.1) is 0 Å². The number of amides is 1. The minimum atomic E-state index is -0.814. The lowest BCUT2D eigenvalue weighted by Crippen LogP contribution is -2.29. The second kappa shape index (κ2) is 5.61. The lowest BCUT2D eigenvalue weighted by Gasteiger charge is -2.16. The number of carboxylic acids is 1. The van der Waals surface area contributed by atoms with Crippen molar-refractivity contribution in [3.8, 4) is 0 Å². The number of carbonyl (C=O) groups excluding carboxylic acids is 1. The highest BCUT2D eigenvalue weighted by Crippen LogP contribution is 2.24. The zero-order valence-electron chi connectivity index (χ0n) is 10.3. The molecule has 1 aromatic rings. The number of likely N-dealkylation sites (tertiary alicyclic amines) is 1. The van der Waals surface area contributed by atoms with Crippen molar-refractivity contribution >= 4 is 33.5 Å². The van der Waals surface area contributed by atoms with Gasteiger partial charge in [0, 0.05) is 35.2 Å². The van der Waals surface area contributed by atoms with Crippen LogP contribution in [0.5, 0.6) is 0 Å². The number of nitrogens with two attached hydrogens (primary N) is 1. The van der Waals surface area contributed by atoms with Crippen molar-refractivity contribution in [1.82, 2.24) is 4.90 Å². The van der Waals surface area contributed by atoms with E-state index in [1.807, 2.05) is 0 Å². The van der Waals surface area contributed by atoms with E-state index in [1.54, 1.807) is 23.1 Å². The molecule has 1 fully saturated rings. The maximum Gasteiger partial charge on any atom is 0.303 e. The zero-order chi connectivity index (χ0) is 14.0. The van der Waals surface area contributed by atoms with Crippen LogP contribution in [0.1, 0.15) is 23.2 Å². The molecule has 1 aromatic carbocycles. The zero-order valence-corrected chi connectivity index (χ0v) is 11.9. The number of halogens is 1. The minimum Gasteiger partial charge on any atom is -0.481 e. The van der Waals surface area contributed by atoms with Crippen LogP contribution in [-0.4, -0.2) is 35.0 Å². The van der Waals surface area contributed by atoms with Crippen molar-refractivity contribution in [2.45, 2.75) is 12.8 Å². The Balaban J connectivity index is 2.06. The predicted octanol–water partition coefficient (Wildman–Crippen LogP) is 1.97. The van der Waals surface area contributed by atoms with Gasteiger partial charge in [-0.25, -0.2) is 0 Å². The fourth-order valence-electron chi connectivity index (χ4n) is 2.35. The van der Waals surface area contributed by atoms with E-state index in [1.165, 1.54) is 0 Å². The molecule has 1 aliphatic heterocycles. The number of hydrogen-bond acceptors (Lipinski definition) is 3. The van der Waals surface area contributed by atoms with Crippen LogP contribution in [0.15, 0.2) is 22.7 Å². The first-order valence-electron chi connectivity index (χ1n) is 6.03. The van der Waals surface area contributed by atoms with Crippen molar-refractivity contribution < 1.29 is 14.7 Å². The molecule has 0 aromatic heterocycles. The Hall–Kier alpha value is -1.56. The van der Waals surface area contributed by atoms with Crippen LogP contribution in [0.3, 0.4) is 0 Å². The normalized spacial score (nSPS) is 18.6. The Morgan fingerprint density at radius 3 is 2.79 bits per heavy atom. The summed E-state index contributed by atoms with van der Waals surface area (Å²) in [6, 6.07) is 5.09. The van der Waals surface area contributed by atoms with Gasteiger partial charge in [-0.05, 0) is 30.5 Å². The quantitative estimate of drug-likeness (QED) is 0.832. The third-order valence-corrected chi connectivity index (χ3v) is 3.66. The Bertz CT molecular complexity index is 498. The fourth-order valence-corrected chi connectivity index (χ4v) is 2.86. The summed E-state index contributed by atoms with van der Waals surface area (Å²) in [5.74, 6) is -0.863. The first kappa shape index (κ1) is 13.9. The molecule has 0 aliphatic carbocycles. The summed E-state index contributed by atoms with van der Waals surface area (Å²) in [6.07, 6.45) is 0.853. The van der Waals surface area contributed by atoms with Gasteiger partial charge in [-0.3, -0.25) is 9.59 Å². The summed E-state index contributed by atoms with van der Waals surface area (Å²) < 4.78 is 0.761. The van der Waals surface area contributed by atoms with Crippen LogP contribution < -0.4 is 5.73 Å². The number of benzene rings is 1. The van der Waals surface area contributed by atoms with Gasteiger partial charge in [0.15, 0.2) is 0 Å². The number of anilines is 1. The largest absolute Gasteiger partial charge is 0.481 e.